The minimum Gasteiger partial charge on any atom is -0.341 e. The molecular formula is C15H27N3O2. The van der Waals surface area contributed by atoms with E-state index in [0.29, 0.717) is 24.8 Å². The Kier molecular flexibility index (Phi) is 4.89. The summed E-state index contributed by atoms with van der Waals surface area (Å²) in [5.74, 6) is 1.35. The molecule has 2 fully saturated rings. The second-order valence-electron chi connectivity index (χ2n) is 6.64. The highest BCUT2D eigenvalue weighted by Gasteiger charge is 2.27. The molecule has 0 bridgehead atoms. The first kappa shape index (κ1) is 15.1. The Morgan fingerprint density at radius 1 is 1.35 bits per heavy atom. The molecule has 0 radical (unpaired) electrons. The molecule has 3 unspecified atom stereocenters. The third-order valence-corrected chi connectivity index (χ3v) is 4.19. The van der Waals surface area contributed by atoms with Gasteiger partial charge in [-0.1, -0.05) is 13.8 Å². The Morgan fingerprint density at radius 3 is 2.55 bits per heavy atom. The molecule has 1 N–H and O–H groups in total. The van der Waals surface area contributed by atoms with Crippen LogP contribution in [-0.4, -0.2) is 54.0 Å². The third kappa shape index (κ3) is 3.87. The quantitative estimate of drug-likeness (QED) is 0.856. The van der Waals surface area contributed by atoms with Crippen LogP contribution in [0.25, 0.3) is 0 Å². The van der Waals surface area contributed by atoms with Gasteiger partial charge in [0.25, 0.3) is 0 Å². The molecule has 2 rings (SSSR count). The van der Waals surface area contributed by atoms with Crippen LogP contribution < -0.4 is 5.32 Å². The maximum Gasteiger partial charge on any atom is 0.317 e. The second kappa shape index (κ2) is 6.46. The van der Waals surface area contributed by atoms with Crippen LogP contribution in [0.3, 0.4) is 0 Å². The van der Waals surface area contributed by atoms with Gasteiger partial charge in [-0.15, -0.1) is 0 Å². The van der Waals surface area contributed by atoms with Gasteiger partial charge in [-0.2, -0.15) is 0 Å². The molecule has 114 valence electrons. The van der Waals surface area contributed by atoms with E-state index < -0.39 is 0 Å². The van der Waals surface area contributed by atoms with Gasteiger partial charge in [0.05, 0.1) is 0 Å². The van der Waals surface area contributed by atoms with E-state index in [1.807, 2.05) is 16.7 Å². The van der Waals surface area contributed by atoms with E-state index >= 15 is 0 Å². The fraction of sp³-hybridized carbons (Fsp3) is 0.867. The van der Waals surface area contributed by atoms with Crippen molar-refractivity contribution in [2.75, 3.05) is 26.2 Å². The molecule has 0 spiro atoms. The average Bonchev–Trinajstić information content (AvgIpc) is 2.73. The molecule has 5 heteroatoms. The molecule has 2 aliphatic rings. The normalized spacial score (nSPS) is 28.6. The number of carbonyl (C=O) groups is 2. The fourth-order valence-corrected chi connectivity index (χ4v) is 3.40. The van der Waals surface area contributed by atoms with Crippen molar-refractivity contribution in [2.45, 2.75) is 46.1 Å². The highest BCUT2D eigenvalue weighted by Crippen LogP contribution is 2.20. The summed E-state index contributed by atoms with van der Waals surface area (Å²) in [5.41, 5.74) is 0. The van der Waals surface area contributed by atoms with Gasteiger partial charge >= 0.3 is 6.03 Å². The van der Waals surface area contributed by atoms with Crippen LogP contribution in [0.5, 0.6) is 0 Å². The average molecular weight is 281 g/mol. The molecule has 0 aliphatic carbocycles. The molecule has 2 saturated heterocycles. The predicted octanol–water partition coefficient (Wildman–Crippen LogP) is 1.68. The van der Waals surface area contributed by atoms with Crippen LogP contribution in [0.15, 0.2) is 0 Å². The number of carbonyl (C=O) groups excluding carboxylic acids is 2. The lowest BCUT2D eigenvalue weighted by molar-refractivity contribution is -0.127. The van der Waals surface area contributed by atoms with Crippen LogP contribution in [-0.2, 0) is 4.79 Å². The molecule has 0 saturated carbocycles. The second-order valence-corrected chi connectivity index (χ2v) is 6.64. The first-order valence-corrected chi connectivity index (χ1v) is 7.79. The predicted molar refractivity (Wildman–Crippen MR) is 78.3 cm³/mol. The molecule has 2 heterocycles. The van der Waals surface area contributed by atoms with Crippen molar-refractivity contribution < 1.29 is 9.59 Å². The first-order chi connectivity index (χ1) is 9.45. The van der Waals surface area contributed by atoms with Gasteiger partial charge in [0.1, 0.15) is 0 Å². The van der Waals surface area contributed by atoms with Crippen molar-refractivity contribution in [3.63, 3.8) is 0 Å². The number of amides is 3. The smallest absolute Gasteiger partial charge is 0.317 e. The number of nitrogens with zero attached hydrogens (tertiary/aromatic N) is 2. The van der Waals surface area contributed by atoms with Gasteiger partial charge in [0.2, 0.25) is 5.91 Å². The van der Waals surface area contributed by atoms with Crippen molar-refractivity contribution in [1.82, 2.24) is 15.1 Å². The van der Waals surface area contributed by atoms with Crippen LogP contribution in [0, 0.1) is 11.8 Å². The number of hydrogen-bond acceptors (Lipinski definition) is 2. The number of piperidine rings is 1. The van der Waals surface area contributed by atoms with Crippen molar-refractivity contribution in [1.29, 1.82) is 0 Å². The van der Waals surface area contributed by atoms with Gasteiger partial charge in [0, 0.05) is 38.6 Å². The maximum atomic E-state index is 12.3. The number of urea groups is 1. The minimum atomic E-state index is 0.0112. The highest BCUT2D eigenvalue weighted by molar-refractivity contribution is 5.78. The van der Waals surface area contributed by atoms with Gasteiger partial charge in [-0.3, -0.25) is 4.79 Å². The van der Waals surface area contributed by atoms with E-state index in [9.17, 15) is 9.59 Å². The van der Waals surface area contributed by atoms with Crippen molar-refractivity contribution in [2.24, 2.45) is 11.8 Å². The van der Waals surface area contributed by atoms with E-state index in [1.165, 1.54) is 6.42 Å². The van der Waals surface area contributed by atoms with Crippen LogP contribution in [0.2, 0.25) is 0 Å². The molecule has 3 amide bonds. The lowest BCUT2D eigenvalue weighted by atomic mass is 9.92. The Morgan fingerprint density at radius 2 is 2.00 bits per heavy atom. The summed E-state index contributed by atoms with van der Waals surface area (Å²) < 4.78 is 0. The molecule has 0 aromatic carbocycles. The molecule has 5 nitrogen and oxygen atoms in total. The molecule has 20 heavy (non-hydrogen) atoms. The monoisotopic (exact) mass is 281 g/mol. The number of hydrogen-bond donors (Lipinski definition) is 1. The van der Waals surface area contributed by atoms with Gasteiger partial charge in [-0.25, -0.2) is 4.79 Å². The zero-order chi connectivity index (χ0) is 14.7. The van der Waals surface area contributed by atoms with Crippen LogP contribution in [0.1, 0.15) is 40.0 Å². The zero-order valence-corrected chi connectivity index (χ0v) is 12.9. The molecule has 2 aliphatic heterocycles. The lowest BCUT2D eigenvalue weighted by Gasteiger charge is -2.36. The summed E-state index contributed by atoms with van der Waals surface area (Å²) in [6.45, 7) is 9.50. The summed E-state index contributed by atoms with van der Waals surface area (Å²) in [4.78, 5) is 27.6. The number of rotatable bonds is 3. The first-order valence-electron chi connectivity index (χ1n) is 7.79. The van der Waals surface area contributed by atoms with E-state index in [-0.39, 0.29) is 18.0 Å². The molecule has 0 aromatic heterocycles. The molecular weight excluding hydrogens is 254 g/mol. The standard InChI is InChI=1S/C15H27N3O2/c1-11-7-12(2)9-18(8-11)15(20)16-13(3)10-17-6-4-5-14(17)19/h11-13H,4-10H2,1-3H3,(H,16,20). The number of likely N-dealkylation sites (tertiary alicyclic amines) is 2. The lowest BCUT2D eigenvalue weighted by Crippen LogP contribution is -2.51. The summed E-state index contributed by atoms with van der Waals surface area (Å²) in [7, 11) is 0. The van der Waals surface area contributed by atoms with E-state index in [0.717, 1.165) is 26.1 Å². The Hall–Kier alpha value is -1.26. The van der Waals surface area contributed by atoms with Gasteiger partial charge in [-0.05, 0) is 31.6 Å². The summed E-state index contributed by atoms with van der Waals surface area (Å²) >= 11 is 0. The number of nitrogens with one attached hydrogen (secondary N) is 1. The van der Waals surface area contributed by atoms with Crippen LogP contribution >= 0.6 is 0 Å². The van der Waals surface area contributed by atoms with Gasteiger partial charge < -0.3 is 15.1 Å². The van der Waals surface area contributed by atoms with Gasteiger partial charge in [0.15, 0.2) is 0 Å². The van der Waals surface area contributed by atoms with Crippen LogP contribution in [0.4, 0.5) is 4.79 Å². The topological polar surface area (TPSA) is 52.7 Å². The van der Waals surface area contributed by atoms with E-state index in [2.05, 4.69) is 19.2 Å². The zero-order valence-electron chi connectivity index (χ0n) is 12.9. The summed E-state index contributed by atoms with van der Waals surface area (Å²) in [6, 6.07) is 0.0274. The van der Waals surface area contributed by atoms with Crippen molar-refractivity contribution >= 4 is 11.9 Å². The van der Waals surface area contributed by atoms with E-state index in [4.69, 9.17) is 0 Å². The maximum absolute atomic E-state index is 12.3. The summed E-state index contributed by atoms with van der Waals surface area (Å²) in [6.07, 6.45) is 2.80. The third-order valence-electron chi connectivity index (χ3n) is 4.19. The largest absolute Gasteiger partial charge is 0.341 e. The minimum absolute atomic E-state index is 0.0112. The van der Waals surface area contributed by atoms with Crippen molar-refractivity contribution in [3.8, 4) is 0 Å². The molecule has 0 aromatic rings. The Bertz CT molecular complexity index is 362. The summed E-state index contributed by atoms with van der Waals surface area (Å²) in [5, 5.41) is 3.03. The molecule has 3 atom stereocenters. The fourth-order valence-electron chi connectivity index (χ4n) is 3.40. The highest BCUT2D eigenvalue weighted by atomic mass is 16.2. The Balaban J connectivity index is 1.79. The van der Waals surface area contributed by atoms with E-state index in [1.54, 1.807) is 0 Å². The SMILES string of the molecule is CC1CC(C)CN(C(=O)NC(C)CN2CCCC2=O)C1. The Labute approximate surface area is 121 Å². The van der Waals surface area contributed by atoms with Crippen molar-refractivity contribution in [3.05, 3.63) is 0 Å².